The van der Waals surface area contributed by atoms with Crippen molar-refractivity contribution in [2.45, 2.75) is 77.4 Å². The van der Waals surface area contributed by atoms with Gasteiger partial charge < -0.3 is 34.6 Å². The van der Waals surface area contributed by atoms with E-state index < -0.39 is 23.0 Å². The number of nitriles is 1. The van der Waals surface area contributed by atoms with Crippen molar-refractivity contribution in [2.24, 2.45) is 5.41 Å². The highest BCUT2D eigenvalue weighted by Gasteiger charge is 2.49. The lowest BCUT2D eigenvalue weighted by molar-refractivity contribution is -0.139. The van der Waals surface area contributed by atoms with E-state index in [-0.39, 0.29) is 25.9 Å². The van der Waals surface area contributed by atoms with Gasteiger partial charge in [0, 0.05) is 67.8 Å². The summed E-state index contributed by atoms with van der Waals surface area (Å²) in [6.07, 6.45) is 11.8. The fraction of sp³-hybridized carbons (Fsp3) is 0.439. The monoisotopic (exact) mass is 728 g/mol. The molecule has 0 spiro atoms. The van der Waals surface area contributed by atoms with Crippen molar-refractivity contribution in [2.75, 3.05) is 32.8 Å². The number of pyridine rings is 1. The fourth-order valence-electron chi connectivity index (χ4n) is 6.84. The Morgan fingerprint density at radius 2 is 1.98 bits per heavy atom. The molecule has 276 valence electrons. The molecule has 0 bridgehead atoms. The van der Waals surface area contributed by atoms with E-state index in [1.165, 1.54) is 6.20 Å². The Hall–Kier alpha value is -4.24. The van der Waals surface area contributed by atoms with Crippen LogP contribution in [-0.4, -0.2) is 76.7 Å². The molecule has 2 unspecified atom stereocenters. The van der Waals surface area contributed by atoms with Crippen LogP contribution in [0.4, 0.5) is 0 Å². The van der Waals surface area contributed by atoms with Gasteiger partial charge in [0.15, 0.2) is 0 Å². The number of carbonyl (C=O) groups is 1. The zero-order valence-electron chi connectivity index (χ0n) is 30.2. The van der Waals surface area contributed by atoms with Crippen LogP contribution < -0.4 is 14.8 Å². The minimum absolute atomic E-state index is 0.121. The van der Waals surface area contributed by atoms with Crippen molar-refractivity contribution in [3.05, 3.63) is 106 Å². The molecule has 5 rings (SSSR count). The number of benzene rings is 2. The van der Waals surface area contributed by atoms with Crippen molar-refractivity contribution in [1.82, 2.24) is 15.2 Å². The van der Waals surface area contributed by atoms with Crippen molar-refractivity contribution < 1.29 is 29.2 Å². The molecule has 0 radical (unpaired) electrons. The molecule has 1 fully saturated rings. The lowest BCUT2D eigenvalue weighted by Gasteiger charge is -2.47. The van der Waals surface area contributed by atoms with Gasteiger partial charge in [0.1, 0.15) is 42.4 Å². The zero-order valence-corrected chi connectivity index (χ0v) is 30.9. The number of aliphatic hydroxyl groups is 1. The summed E-state index contributed by atoms with van der Waals surface area (Å²) >= 11 is 6.90. The number of nitrogens with zero attached hydrogens (tertiary/aromatic N) is 3. The highest BCUT2D eigenvalue weighted by molar-refractivity contribution is 6.32. The van der Waals surface area contributed by atoms with E-state index in [9.17, 15) is 20.3 Å². The van der Waals surface area contributed by atoms with Gasteiger partial charge >= 0.3 is 5.97 Å². The van der Waals surface area contributed by atoms with Crippen LogP contribution in [-0.2, 0) is 22.7 Å². The first kappa shape index (κ1) is 39.0. The Labute approximate surface area is 311 Å². The van der Waals surface area contributed by atoms with E-state index in [0.717, 1.165) is 37.1 Å². The van der Waals surface area contributed by atoms with Crippen LogP contribution in [0.15, 0.2) is 79.2 Å². The molecule has 0 amide bonds. The number of carboxylic acids is 1. The third kappa shape index (κ3) is 9.59. The second-order valence-corrected chi connectivity index (χ2v) is 14.4. The van der Waals surface area contributed by atoms with Gasteiger partial charge in [-0.15, -0.1) is 0 Å². The molecule has 1 saturated heterocycles. The van der Waals surface area contributed by atoms with Crippen molar-refractivity contribution in [1.29, 1.82) is 5.26 Å². The molecule has 1 aliphatic heterocycles. The van der Waals surface area contributed by atoms with E-state index >= 15 is 0 Å². The SMILES string of the molecule is CCCC(NCc1cc(Cl)c(OCC2(OCCCN3CC[C@@H](O)C3)C=CC=C(c3ccccc3)C2(C)C)cc1OCc1cncc(C#N)c1)C(=O)O. The summed E-state index contributed by atoms with van der Waals surface area (Å²) in [6, 6.07) is 16.8. The first-order valence-electron chi connectivity index (χ1n) is 17.9. The summed E-state index contributed by atoms with van der Waals surface area (Å²) in [4.78, 5) is 18.3. The van der Waals surface area contributed by atoms with Gasteiger partial charge in [-0.05, 0) is 48.6 Å². The Morgan fingerprint density at radius 1 is 1.17 bits per heavy atom. The number of ether oxygens (including phenoxy) is 3. The number of aliphatic hydroxyl groups excluding tert-OH is 1. The lowest BCUT2D eigenvalue weighted by Crippen LogP contribution is -2.52. The first-order chi connectivity index (χ1) is 25.0. The van der Waals surface area contributed by atoms with Crippen LogP contribution in [0.5, 0.6) is 11.5 Å². The third-order valence-corrected chi connectivity index (χ3v) is 10.3. The van der Waals surface area contributed by atoms with Gasteiger partial charge in [-0.1, -0.05) is 81.3 Å². The number of likely N-dealkylation sites (tertiary alicyclic amines) is 1. The van der Waals surface area contributed by atoms with Gasteiger partial charge in [-0.2, -0.15) is 5.26 Å². The number of rotatable bonds is 18. The second kappa shape index (κ2) is 18.0. The normalized spacial score (nSPS) is 20.2. The standard InChI is InChI=1S/C41H49ClN4O6/c1-4-10-36(39(48)49)45-25-32-20-35(42)38(21-37(32)50-27-30-19-29(22-43)23-44-24-30)51-28-41(52-18-9-16-46-17-14-33(47)26-46)15-8-13-34(40(41,2)3)31-11-6-5-7-12-31/h5-8,11-13,15,19-21,23-24,33,36,45,47H,4,9-10,14,16-18,25-28H2,1-3H3,(H,48,49)/t33-,36?,41?/m1/s1. The number of carboxylic acid groups (broad SMARTS) is 1. The van der Waals surface area contributed by atoms with Crippen molar-refractivity contribution >= 4 is 23.1 Å². The predicted molar refractivity (Wildman–Crippen MR) is 201 cm³/mol. The number of hydrogen-bond donors (Lipinski definition) is 3. The van der Waals surface area contributed by atoms with E-state index in [4.69, 9.17) is 25.8 Å². The number of halogens is 1. The lowest BCUT2D eigenvalue weighted by atomic mass is 9.65. The van der Waals surface area contributed by atoms with E-state index in [1.807, 2.05) is 31.2 Å². The Balaban J connectivity index is 1.41. The Bertz CT molecular complexity index is 1770. The summed E-state index contributed by atoms with van der Waals surface area (Å²) in [5.41, 5.74) is 2.60. The van der Waals surface area contributed by atoms with Crippen molar-refractivity contribution in [3.63, 3.8) is 0 Å². The molecule has 2 aromatic carbocycles. The molecule has 3 N–H and O–H groups in total. The smallest absolute Gasteiger partial charge is 0.320 e. The summed E-state index contributed by atoms with van der Waals surface area (Å²) in [5, 5.41) is 32.6. The first-order valence-corrected chi connectivity index (χ1v) is 18.3. The number of aliphatic carboxylic acids is 1. The molecule has 52 heavy (non-hydrogen) atoms. The van der Waals surface area contributed by atoms with Gasteiger partial charge in [0.2, 0.25) is 0 Å². The Kier molecular flexibility index (Phi) is 13.5. The van der Waals surface area contributed by atoms with E-state index in [0.29, 0.717) is 59.2 Å². The third-order valence-electron chi connectivity index (χ3n) is 9.96. The molecule has 1 aromatic heterocycles. The van der Waals surface area contributed by atoms with Crippen LogP contribution >= 0.6 is 11.6 Å². The largest absolute Gasteiger partial charge is 0.488 e. The van der Waals surface area contributed by atoms with Crippen LogP contribution in [0.2, 0.25) is 5.02 Å². The van der Waals surface area contributed by atoms with E-state index in [1.54, 1.807) is 24.4 Å². The van der Waals surface area contributed by atoms with Crippen molar-refractivity contribution in [3.8, 4) is 17.6 Å². The van der Waals surface area contributed by atoms with E-state index in [2.05, 4.69) is 59.4 Å². The van der Waals surface area contributed by atoms with Gasteiger partial charge in [0.25, 0.3) is 0 Å². The number of aromatic nitrogens is 1. The molecule has 2 heterocycles. The summed E-state index contributed by atoms with van der Waals surface area (Å²) in [6.45, 7) is 9.61. The maximum absolute atomic E-state index is 11.9. The summed E-state index contributed by atoms with van der Waals surface area (Å²) in [7, 11) is 0. The van der Waals surface area contributed by atoms with Crippen LogP contribution in [0.3, 0.4) is 0 Å². The van der Waals surface area contributed by atoms with Crippen LogP contribution in [0.25, 0.3) is 5.57 Å². The maximum atomic E-state index is 11.9. The number of hydrogen-bond acceptors (Lipinski definition) is 9. The zero-order chi connectivity index (χ0) is 37.1. The molecule has 10 nitrogen and oxygen atoms in total. The highest BCUT2D eigenvalue weighted by atomic mass is 35.5. The molecule has 3 aromatic rings. The average Bonchev–Trinajstić information content (AvgIpc) is 3.56. The predicted octanol–water partition coefficient (Wildman–Crippen LogP) is 6.80. The average molecular weight is 729 g/mol. The molecule has 11 heteroatoms. The summed E-state index contributed by atoms with van der Waals surface area (Å²) in [5.74, 6) is -0.0761. The molecule has 0 saturated carbocycles. The minimum Gasteiger partial charge on any atom is -0.488 e. The minimum atomic E-state index is -0.926. The number of nitrogens with one attached hydrogen (secondary N) is 1. The topological polar surface area (TPSA) is 137 Å². The molecular weight excluding hydrogens is 680 g/mol. The Morgan fingerprint density at radius 3 is 2.69 bits per heavy atom. The fourth-order valence-corrected chi connectivity index (χ4v) is 7.08. The van der Waals surface area contributed by atoms with Gasteiger partial charge in [0.05, 0.1) is 16.7 Å². The van der Waals surface area contributed by atoms with Gasteiger partial charge in [-0.3, -0.25) is 9.78 Å². The number of allylic oxidation sites excluding steroid dienone is 2. The van der Waals surface area contributed by atoms with Crippen LogP contribution in [0.1, 0.15) is 68.7 Å². The second-order valence-electron chi connectivity index (χ2n) is 14.0. The quantitative estimate of drug-likeness (QED) is 0.120. The molecule has 1 aliphatic carbocycles. The highest BCUT2D eigenvalue weighted by Crippen LogP contribution is 2.49. The van der Waals surface area contributed by atoms with Crippen LogP contribution in [0, 0.1) is 16.7 Å². The van der Waals surface area contributed by atoms with Gasteiger partial charge in [-0.25, -0.2) is 0 Å². The molecular formula is C41H49ClN4O6. The molecule has 3 atom stereocenters. The maximum Gasteiger partial charge on any atom is 0.320 e. The number of β-amino-alcohol motifs (C(OH)–C–C–N with tert-alkyl or cyclic N) is 1. The summed E-state index contributed by atoms with van der Waals surface area (Å²) < 4.78 is 19.8. The molecule has 2 aliphatic rings.